The second-order valence-corrected chi connectivity index (χ2v) is 7.16. The zero-order valence-electron chi connectivity index (χ0n) is 17.9. The third-order valence-corrected chi connectivity index (χ3v) is 4.85. The van der Waals surface area contributed by atoms with E-state index in [4.69, 9.17) is 9.84 Å². The fourth-order valence-electron chi connectivity index (χ4n) is 3.24. The molecule has 0 atom stereocenters. The first-order valence-corrected chi connectivity index (χ1v) is 9.89. The number of imidazole rings is 1. The number of H-pyrrole nitrogens is 1. The molecule has 0 unspecified atom stereocenters. The Morgan fingerprint density at radius 1 is 1.17 bits per heavy atom. The minimum Gasteiger partial charge on any atom is -0.478 e. The molecule has 182 valence electrons. The summed E-state index contributed by atoms with van der Waals surface area (Å²) in [6.45, 7) is -0.357. The first-order valence-electron chi connectivity index (χ1n) is 9.89. The monoisotopic (exact) mass is 494 g/mol. The van der Waals surface area contributed by atoms with Crippen molar-refractivity contribution in [3.8, 4) is 5.69 Å². The number of ether oxygens (including phenoxy) is 1. The highest BCUT2D eigenvalue weighted by Crippen LogP contribution is 2.27. The van der Waals surface area contributed by atoms with Gasteiger partial charge in [-0.1, -0.05) is 12.1 Å². The molecule has 15 heteroatoms. The largest absolute Gasteiger partial charge is 0.478 e. The molecule has 1 amide bonds. The van der Waals surface area contributed by atoms with Gasteiger partial charge in [0, 0.05) is 12.3 Å². The van der Waals surface area contributed by atoms with Crippen LogP contribution in [0.5, 0.6) is 0 Å². The number of benzene rings is 2. The van der Waals surface area contributed by atoms with Crippen molar-refractivity contribution in [1.29, 1.82) is 0 Å². The normalized spacial score (nSPS) is 10.7. The Hall–Kier alpha value is -5.60. The summed E-state index contributed by atoms with van der Waals surface area (Å²) in [5.41, 5.74) is -2.24. The molecule has 0 saturated heterocycles. The number of anilines is 1. The van der Waals surface area contributed by atoms with E-state index in [1.54, 1.807) is 0 Å². The van der Waals surface area contributed by atoms with Gasteiger partial charge in [-0.05, 0) is 18.2 Å². The SMILES string of the molecule is O=C(Nc1ccccc1C(=O)O)OCc1cn(-c2cc3nc(C(=O)O)c(=O)[nH]c3cc2[N+](=O)[O-])cn1. The Balaban J connectivity index is 1.58. The summed E-state index contributed by atoms with van der Waals surface area (Å²) >= 11 is 0. The standard InChI is InChI=1S/C21H14N6O9/c28-18-17(20(31)32)23-13-5-15(16(27(34)35)6-14(13)24-18)26-7-10(22-9-26)8-36-21(33)25-12-4-2-1-3-11(12)19(29)30/h1-7,9H,8H2,(H,24,28)(H,25,33)(H,29,30)(H,31,32). The van der Waals surface area contributed by atoms with Crippen LogP contribution in [0.2, 0.25) is 0 Å². The number of carboxylic acids is 2. The number of rotatable bonds is 7. The Labute approximate surface area is 198 Å². The van der Waals surface area contributed by atoms with E-state index < -0.39 is 39.9 Å². The number of hydrogen-bond acceptors (Lipinski definition) is 9. The van der Waals surface area contributed by atoms with Gasteiger partial charge in [-0.2, -0.15) is 0 Å². The maximum absolute atomic E-state index is 12.1. The fourth-order valence-corrected chi connectivity index (χ4v) is 3.24. The van der Waals surface area contributed by atoms with Crippen LogP contribution in [0.25, 0.3) is 16.7 Å². The molecular formula is C21H14N6O9. The maximum atomic E-state index is 12.1. The van der Waals surface area contributed by atoms with E-state index in [1.165, 1.54) is 47.4 Å². The average molecular weight is 494 g/mol. The summed E-state index contributed by atoms with van der Waals surface area (Å²) in [5, 5.41) is 32.2. The van der Waals surface area contributed by atoms with Gasteiger partial charge in [-0.25, -0.2) is 24.4 Å². The van der Waals surface area contributed by atoms with Crippen molar-refractivity contribution in [1.82, 2.24) is 19.5 Å². The average Bonchev–Trinajstić information content (AvgIpc) is 3.30. The number of nitro benzene ring substituents is 1. The van der Waals surface area contributed by atoms with Gasteiger partial charge in [0.2, 0.25) is 5.69 Å². The number of nitrogens with zero attached hydrogens (tertiary/aromatic N) is 4. The second kappa shape index (κ2) is 9.34. The number of carbonyl (C=O) groups is 3. The van der Waals surface area contributed by atoms with Gasteiger partial charge in [-0.3, -0.25) is 24.8 Å². The highest BCUT2D eigenvalue weighted by molar-refractivity contribution is 5.98. The molecule has 2 aromatic carbocycles. The number of hydrogen-bond donors (Lipinski definition) is 4. The predicted molar refractivity (Wildman–Crippen MR) is 120 cm³/mol. The van der Waals surface area contributed by atoms with Gasteiger partial charge < -0.3 is 19.9 Å². The topological polar surface area (TPSA) is 220 Å². The van der Waals surface area contributed by atoms with Crippen LogP contribution < -0.4 is 10.9 Å². The maximum Gasteiger partial charge on any atom is 0.412 e. The number of aromatic amines is 1. The lowest BCUT2D eigenvalue weighted by Crippen LogP contribution is -2.20. The summed E-state index contributed by atoms with van der Waals surface area (Å²) in [4.78, 5) is 67.4. The molecule has 2 heterocycles. The molecule has 0 fully saturated rings. The summed E-state index contributed by atoms with van der Waals surface area (Å²) in [5.74, 6) is -2.81. The van der Waals surface area contributed by atoms with Crippen molar-refractivity contribution in [2.75, 3.05) is 5.32 Å². The van der Waals surface area contributed by atoms with Gasteiger partial charge >= 0.3 is 18.0 Å². The number of amides is 1. The molecule has 0 radical (unpaired) electrons. The lowest BCUT2D eigenvalue weighted by molar-refractivity contribution is -0.384. The van der Waals surface area contributed by atoms with E-state index in [-0.39, 0.29) is 40.3 Å². The molecular weight excluding hydrogens is 480 g/mol. The second-order valence-electron chi connectivity index (χ2n) is 7.16. The Morgan fingerprint density at radius 2 is 1.92 bits per heavy atom. The smallest absolute Gasteiger partial charge is 0.412 e. The van der Waals surface area contributed by atoms with Gasteiger partial charge in [0.05, 0.1) is 39.2 Å². The van der Waals surface area contributed by atoms with Crippen LogP contribution in [0.15, 0.2) is 53.7 Å². The van der Waals surface area contributed by atoms with Crippen LogP contribution in [-0.4, -0.2) is 52.7 Å². The molecule has 0 saturated carbocycles. The van der Waals surface area contributed by atoms with E-state index in [0.717, 1.165) is 6.07 Å². The molecule has 4 rings (SSSR count). The highest BCUT2D eigenvalue weighted by atomic mass is 16.6. The van der Waals surface area contributed by atoms with E-state index in [2.05, 4.69) is 20.3 Å². The highest BCUT2D eigenvalue weighted by Gasteiger charge is 2.21. The van der Waals surface area contributed by atoms with Crippen molar-refractivity contribution < 1.29 is 34.3 Å². The van der Waals surface area contributed by atoms with Crippen LogP contribution in [0.3, 0.4) is 0 Å². The van der Waals surface area contributed by atoms with Crippen LogP contribution >= 0.6 is 0 Å². The molecule has 2 aromatic heterocycles. The van der Waals surface area contributed by atoms with Gasteiger partial charge in [0.1, 0.15) is 12.3 Å². The molecule has 0 bridgehead atoms. The third kappa shape index (κ3) is 4.69. The number of nitro groups is 1. The summed E-state index contributed by atoms with van der Waals surface area (Å²) in [6.07, 6.45) is 1.58. The molecule has 4 aromatic rings. The number of aromatic carboxylic acids is 2. The van der Waals surface area contributed by atoms with E-state index in [9.17, 15) is 34.4 Å². The predicted octanol–water partition coefficient (Wildman–Crippen LogP) is 2.16. The van der Waals surface area contributed by atoms with E-state index in [0.29, 0.717) is 0 Å². The minimum absolute atomic E-state index is 0.0180. The molecule has 0 aliphatic carbocycles. The van der Waals surface area contributed by atoms with Crippen molar-refractivity contribution in [3.63, 3.8) is 0 Å². The van der Waals surface area contributed by atoms with Crippen molar-refractivity contribution >= 4 is 40.4 Å². The van der Waals surface area contributed by atoms with Gasteiger partial charge in [0.25, 0.3) is 11.2 Å². The van der Waals surface area contributed by atoms with E-state index in [1.807, 2.05) is 0 Å². The third-order valence-electron chi connectivity index (χ3n) is 4.85. The number of carboxylic acid groups (broad SMARTS) is 2. The Kier molecular flexibility index (Phi) is 6.11. The number of para-hydroxylation sites is 1. The minimum atomic E-state index is -1.57. The summed E-state index contributed by atoms with van der Waals surface area (Å²) in [6, 6.07) is 7.96. The summed E-state index contributed by atoms with van der Waals surface area (Å²) in [7, 11) is 0. The Bertz CT molecular complexity index is 1610. The van der Waals surface area contributed by atoms with Crippen LogP contribution in [0.4, 0.5) is 16.2 Å². The fraction of sp³-hybridized carbons (Fsp3) is 0.0476. The molecule has 0 aliphatic heterocycles. The van der Waals surface area contributed by atoms with Crippen molar-refractivity contribution in [2.24, 2.45) is 0 Å². The van der Waals surface area contributed by atoms with Gasteiger partial charge in [-0.15, -0.1) is 0 Å². The molecule has 15 nitrogen and oxygen atoms in total. The van der Waals surface area contributed by atoms with Crippen molar-refractivity contribution in [2.45, 2.75) is 6.61 Å². The zero-order chi connectivity index (χ0) is 26.0. The first-order chi connectivity index (χ1) is 17.1. The number of fused-ring (bicyclic) bond motifs is 1. The quantitative estimate of drug-likeness (QED) is 0.215. The Morgan fingerprint density at radius 3 is 2.61 bits per heavy atom. The van der Waals surface area contributed by atoms with Crippen LogP contribution in [-0.2, 0) is 11.3 Å². The lowest BCUT2D eigenvalue weighted by Gasteiger charge is -2.08. The van der Waals surface area contributed by atoms with Gasteiger partial charge in [0.15, 0.2) is 0 Å². The molecule has 0 spiro atoms. The van der Waals surface area contributed by atoms with Crippen molar-refractivity contribution in [3.05, 3.63) is 86.3 Å². The zero-order valence-corrected chi connectivity index (χ0v) is 17.9. The van der Waals surface area contributed by atoms with Crippen LogP contribution in [0, 0.1) is 10.1 Å². The van der Waals surface area contributed by atoms with Crippen LogP contribution in [0.1, 0.15) is 26.5 Å². The molecule has 36 heavy (non-hydrogen) atoms. The van der Waals surface area contributed by atoms with E-state index >= 15 is 0 Å². The first kappa shape index (κ1) is 23.6. The number of aromatic nitrogens is 4. The summed E-state index contributed by atoms with van der Waals surface area (Å²) < 4.78 is 6.29. The number of nitrogens with one attached hydrogen (secondary N) is 2. The molecule has 4 N–H and O–H groups in total. The molecule has 0 aliphatic rings. The number of carbonyl (C=O) groups excluding carboxylic acids is 1. The lowest BCUT2D eigenvalue weighted by atomic mass is 10.2.